The molecule has 0 atom stereocenters. The van der Waals surface area contributed by atoms with E-state index in [2.05, 4.69) is 31.5 Å². The fraction of sp³-hybridized carbons (Fsp3) is 0.0952. The number of halogens is 1. The highest BCUT2D eigenvalue weighted by Gasteiger charge is 2.20. The summed E-state index contributed by atoms with van der Waals surface area (Å²) in [5, 5.41) is 11.3. The molecule has 0 fully saturated rings. The van der Waals surface area contributed by atoms with E-state index < -0.39 is 0 Å². The Balaban J connectivity index is 1.64. The average molecular weight is 437 g/mol. The summed E-state index contributed by atoms with van der Waals surface area (Å²) in [6.07, 6.45) is 0. The Morgan fingerprint density at radius 1 is 1.07 bits per heavy atom. The van der Waals surface area contributed by atoms with Crippen LogP contribution < -0.4 is 5.32 Å². The number of carbonyl (C=O) groups excluding carboxylic acids is 1. The van der Waals surface area contributed by atoms with E-state index in [1.54, 1.807) is 17.8 Å². The van der Waals surface area contributed by atoms with Crippen molar-refractivity contribution in [3.05, 3.63) is 76.5 Å². The molecule has 1 amide bonds. The maximum absolute atomic E-state index is 12.8. The number of aryl methyl sites for hydroxylation is 2. The highest BCUT2D eigenvalue weighted by Crippen LogP contribution is 2.32. The number of nitrogens with one attached hydrogen (secondary N) is 1. The Bertz CT molecular complexity index is 1130. The summed E-state index contributed by atoms with van der Waals surface area (Å²) in [4.78, 5) is 12.8. The van der Waals surface area contributed by atoms with E-state index in [4.69, 9.17) is 4.52 Å². The standard InChI is InChI=1S/C21H17BrN4O2/c1-13-19(15-8-10-16(22)11-9-15)20(26(2)24-13)23-21(27)17-12-18(28-25-17)14-6-4-3-5-7-14/h3-12H,1-2H3,(H,23,27). The van der Waals surface area contributed by atoms with Crippen molar-refractivity contribution < 1.29 is 9.32 Å². The van der Waals surface area contributed by atoms with Gasteiger partial charge < -0.3 is 9.84 Å². The minimum absolute atomic E-state index is 0.208. The molecule has 0 spiro atoms. The minimum Gasteiger partial charge on any atom is -0.355 e. The molecule has 0 saturated heterocycles. The summed E-state index contributed by atoms with van der Waals surface area (Å²) in [6, 6.07) is 19.0. The van der Waals surface area contributed by atoms with Crippen molar-refractivity contribution in [3.8, 4) is 22.5 Å². The number of anilines is 1. The van der Waals surface area contributed by atoms with Gasteiger partial charge in [0.15, 0.2) is 11.5 Å². The van der Waals surface area contributed by atoms with Crippen LogP contribution in [0.3, 0.4) is 0 Å². The lowest BCUT2D eigenvalue weighted by Crippen LogP contribution is -2.15. The average Bonchev–Trinajstić information content (AvgIpc) is 3.29. The van der Waals surface area contributed by atoms with E-state index in [9.17, 15) is 4.79 Å². The first-order valence-corrected chi connectivity index (χ1v) is 9.45. The molecule has 0 bridgehead atoms. The number of rotatable bonds is 4. The van der Waals surface area contributed by atoms with Crippen molar-refractivity contribution in [2.24, 2.45) is 7.05 Å². The summed E-state index contributed by atoms with van der Waals surface area (Å²) in [5.41, 5.74) is 3.73. The van der Waals surface area contributed by atoms with Gasteiger partial charge in [0, 0.05) is 28.7 Å². The van der Waals surface area contributed by atoms with Gasteiger partial charge in [-0.25, -0.2) is 0 Å². The molecule has 0 aliphatic heterocycles. The first-order chi connectivity index (χ1) is 13.5. The molecule has 140 valence electrons. The van der Waals surface area contributed by atoms with Crippen LogP contribution in [0.4, 0.5) is 5.82 Å². The highest BCUT2D eigenvalue weighted by molar-refractivity contribution is 9.10. The van der Waals surface area contributed by atoms with Crippen LogP contribution in [0.25, 0.3) is 22.5 Å². The Morgan fingerprint density at radius 3 is 2.50 bits per heavy atom. The monoisotopic (exact) mass is 436 g/mol. The van der Waals surface area contributed by atoms with Gasteiger partial charge in [-0.2, -0.15) is 5.10 Å². The molecule has 7 heteroatoms. The van der Waals surface area contributed by atoms with E-state index in [0.717, 1.165) is 26.9 Å². The summed E-state index contributed by atoms with van der Waals surface area (Å²) < 4.78 is 7.98. The highest BCUT2D eigenvalue weighted by atomic mass is 79.9. The first-order valence-electron chi connectivity index (χ1n) is 8.66. The van der Waals surface area contributed by atoms with Crippen LogP contribution in [0.5, 0.6) is 0 Å². The van der Waals surface area contributed by atoms with E-state index in [1.807, 2.05) is 61.5 Å². The molecule has 1 N–H and O–H groups in total. The third-order valence-corrected chi connectivity index (χ3v) is 4.92. The van der Waals surface area contributed by atoms with Crippen molar-refractivity contribution in [1.29, 1.82) is 0 Å². The zero-order valence-electron chi connectivity index (χ0n) is 15.3. The summed E-state index contributed by atoms with van der Waals surface area (Å²) in [6.45, 7) is 1.91. The van der Waals surface area contributed by atoms with E-state index >= 15 is 0 Å². The number of aromatic nitrogens is 3. The van der Waals surface area contributed by atoms with Gasteiger partial charge in [-0.05, 0) is 24.6 Å². The van der Waals surface area contributed by atoms with E-state index in [-0.39, 0.29) is 11.6 Å². The maximum Gasteiger partial charge on any atom is 0.279 e. The predicted molar refractivity (Wildman–Crippen MR) is 111 cm³/mol. The van der Waals surface area contributed by atoms with Gasteiger partial charge >= 0.3 is 0 Å². The second-order valence-corrected chi connectivity index (χ2v) is 7.25. The molecule has 0 unspecified atom stereocenters. The second-order valence-electron chi connectivity index (χ2n) is 6.34. The number of hydrogen-bond acceptors (Lipinski definition) is 4. The lowest BCUT2D eigenvalue weighted by molar-refractivity contribution is 0.101. The quantitative estimate of drug-likeness (QED) is 0.484. The predicted octanol–water partition coefficient (Wildman–Crippen LogP) is 5.07. The minimum atomic E-state index is -0.354. The molecule has 2 aromatic carbocycles. The Hall–Kier alpha value is -3.19. The third kappa shape index (κ3) is 3.48. The van der Waals surface area contributed by atoms with Gasteiger partial charge in [-0.15, -0.1) is 0 Å². The molecule has 2 aromatic heterocycles. The van der Waals surface area contributed by atoms with E-state index in [1.165, 1.54) is 0 Å². The molecular weight excluding hydrogens is 420 g/mol. The molecule has 0 aliphatic carbocycles. The summed E-state index contributed by atoms with van der Waals surface area (Å²) in [7, 11) is 1.79. The topological polar surface area (TPSA) is 73.0 Å². The fourth-order valence-electron chi connectivity index (χ4n) is 3.06. The number of nitrogens with zero attached hydrogens (tertiary/aromatic N) is 3. The normalized spacial score (nSPS) is 10.8. The van der Waals surface area contributed by atoms with Gasteiger partial charge in [0.1, 0.15) is 5.82 Å². The molecular formula is C21H17BrN4O2. The van der Waals surface area contributed by atoms with Crippen molar-refractivity contribution >= 4 is 27.7 Å². The van der Waals surface area contributed by atoms with Crippen LogP contribution in [-0.2, 0) is 7.05 Å². The van der Waals surface area contributed by atoms with Crippen molar-refractivity contribution in [3.63, 3.8) is 0 Å². The first kappa shape index (κ1) is 18.2. The molecule has 0 radical (unpaired) electrons. The fourth-order valence-corrected chi connectivity index (χ4v) is 3.32. The number of amides is 1. The molecule has 28 heavy (non-hydrogen) atoms. The molecule has 0 saturated carbocycles. The summed E-state index contributed by atoms with van der Waals surface area (Å²) in [5.74, 6) is 0.793. The second kappa shape index (κ2) is 7.44. The van der Waals surface area contributed by atoms with Crippen molar-refractivity contribution in [2.45, 2.75) is 6.92 Å². The van der Waals surface area contributed by atoms with Crippen LogP contribution >= 0.6 is 15.9 Å². The van der Waals surface area contributed by atoms with Crippen LogP contribution in [-0.4, -0.2) is 20.8 Å². The van der Waals surface area contributed by atoms with Gasteiger partial charge in [0.2, 0.25) is 0 Å². The van der Waals surface area contributed by atoms with Crippen molar-refractivity contribution in [2.75, 3.05) is 5.32 Å². The Kier molecular flexibility index (Phi) is 4.83. The van der Waals surface area contributed by atoms with Crippen LogP contribution in [0.1, 0.15) is 16.2 Å². The van der Waals surface area contributed by atoms with E-state index in [0.29, 0.717) is 11.6 Å². The molecule has 4 aromatic rings. The van der Waals surface area contributed by atoms with Crippen molar-refractivity contribution in [1.82, 2.24) is 14.9 Å². The summed E-state index contributed by atoms with van der Waals surface area (Å²) >= 11 is 3.44. The lowest BCUT2D eigenvalue weighted by Gasteiger charge is -2.08. The molecule has 0 aliphatic rings. The lowest BCUT2D eigenvalue weighted by atomic mass is 10.1. The zero-order valence-corrected chi connectivity index (χ0v) is 16.9. The Labute approximate surface area is 170 Å². The van der Waals surface area contributed by atoms with Gasteiger partial charge in [0.05, 0.1) is 5.69 Å². The van der Waals surface area contributed by atoms with Crippen LogP contribution in [0.15, 0.2) is 69.7 Å². The molecule has 2 heterocycles. The third-order valence-electron chi connectivity index (χ3n) is 4.39. The van der Waals surface area contributed by atoms with Gasteiger partial charge in [0.25, 0.3) is 5.91 Å². The van der Waals surface area contributed by atoms with Crippen LogP contribution in [0.2, 0.25) is 0 Å². The van der Waals surface area contributed by atoms with Gasteiger partial charge in [-0.1, -0.05) is 63.6 Å². The molecule has 6 nitrogen and oxygen atoms in total. The molecule has 4 rings (SSSR count). The SMILES string of the molecule is Cc1nn(C)c(NC(=O)c2cc(-c3ccccc3)on2)c1-c1ccc(Br)cc1. The number of carbonyl (C=O) groups is 1. The zero-order chi connectivity index (χ0) is 19.7. The maximum atomic E-state index is 12.8. The van der Waals surface area contributed by atoms with Crippen LogP contribution in [0, 0.1) is 6.92 Å². The number of benzene rings is 2. The smallest absolute Gasteiger partial charge is 0.279 e. The Morgan fingerprint density at radius 2 is 1.79 bits per heavy atom. The number of hydrogen-bond donors (Lipinski definition) is 1. The van der Waals surface area contributed by atoms with Gasteiger partial charge in [-0.3, -0.25) is 9.48 Å². The largest absolute Gasteiger partial charge is 0.355 e.